The highest BCUT2D eigenvalue weighted by Gasteiger charge is 2.09. The SMILES string of the molecule is COc1ccc(NCC(N)C(N)=O)c(C)c1. The summed E-state index contributed by atoms with van der Waals surface area (Å²) in [5, 5.41) is 3.06. The number of primary amides is 1. The fourth-order valence-corrected chi connectivity index (χ4v) is 1.28. The van der Waals surface area contributed by atoms with Gasteiger partial charge in [-0.15, -0.1) is 0 Å². The maximum atomic E-state index is 10.7. The van der Waals surface area contributed by atoms with Crippen LogP contribution in [0, 0.1) is 6.92 Å². The van der Waals surface area contributed by atoms with E-state index in [9.17, 15) is 4.79 Å². The van der Waals surface area contributed by atoms with E-state index in [0.717, 1.165) is 17.0 Å². The average Bonchev–Trinajstić information content (AvgIpc) is 2.26. The molecule has 0 spiro atoms. The zero-order valence-electron chi connectivity index (χ0n) is 9.49. The van der Waals surface area contributed by atoms with Crippen molar-refractivity contribution in [2.24, 2.45) is 11.5 Å². The minimum absolute atomic E-state index is 0.322. The number of aryl methyl sites for hydroxylation is 1. The van der Waals surface area contributed by atoms with Crippen LogP contribution in [0.4, 0.5) is 5.69 Å². The maximum absolute atomic E-state index is 10.7. The minimum Gasteiger partial charge on any atom is -0.497 e. The Balaban J connectivity index is 2.64. The van der Waals surface area contributed by atoms with Crippen molar-refractivity contribution in [1.29, 1.82) is 0 Å². The predicted octanol–water partition coefficient (Wildman–Crippen LogP) is 0.228. The van der Waals surface area contributed by atoms with Crippen LogP contribution < -0.4 is 21.5 Å². The van der Waals surface area contributed by atoms with Crippen molar-refractivity contribution in [1.82, 2.24) is 0 Å². The number of rotatable bonds is 5. The largest absolute Gasteiger partial charge is 0.497 e. The first-order valence-electron chi connectivity index (χ1n) is 4.98. The van der Waals surface area contributed by atoms with Crippen LogP contribution in [-0.2, 0) is 4.79 Å². The molecule has 1 atom stereocenters. The third-order valence-corrected chi connectivity index (χ3v) is 2.31. The molecule has 16 heavy (non-hydrogen) atoms. The molecule has 0 fully saturated rings. The van der Waals surface area contributed by atoms with Crippen LogP contribution in [-0.4, -0.2) is 25.6 Å². The first-order valence-corrected chi connectivity index (χ1v) is 4.98. The number of anilines is 1. The van der Waals surface area contributed by atoms with E-state index in [1.54, 1.807) is 7.11 Å². The second-order valence-electron chi connectivity index (χ2n) is 3.57. The van der Waals surface area contributed by atoms with Crippen LogP contribution in [0.2, 0.25) is 0 Å². The quantitative estimate of drug-likeness (QED) is 0.666. The lowest BCUT2D eigenvalue weighted by Gasteiger charge is -2.13. The molecule has 0 aromatic heterocycles. The van der Waals surface area contributed by atoms with Gasteiger partial charge in [0.25, 0.3) is 0 Å². The Bertz CT molecular complexity index is 379. The van der Waals surface area contributed by atoms with Gasteiger partial charge in [0, 0.05) is 12.2 Å². The number of carbonyl (C=O) groups excluding carboxylic acids is 1. The maximum Gasteiger partial charge on any atom is 0.236 e. The third kappa shape index (κ3) is 3.13. The second kappa shape index (κ2) is 5.37. The van der Waals surface area contributed by atoms with Gasteiger partial charge in [-0.05, 0) is 30.7 Å². The number of carbonyl (C=O) groups is 1. The van der Waals surface area contributed by atoms with Crippen LogP contribution in [0.15, 0.2) is 18.2 Å². The van der Waals surface area contributed by atoms with Gasteiger partial charge in [-0.25, -0.2) is 0 Å². The Kier molecular flexibility index (Phi) is 4.13. The molecule has 5 nitrogen and oxygen atoms in total. The fourth-order valence-electron chi connectivity index (χ4n) is 1.28. The summed E-state index contributed by atoms with van der Waals surface area (Å²) in [4.78, 5) is 10.7. The van der Waals surface area contributed by atoms with Crippen molar-refractivity contribution < 1.29 is 9.53 Å². The first-order chi connectivity index (χ1) is 7.54. The number of nitrogens with one attached hydrogen (secondary N) is 1. The van der Waals surface area contributed by atoms with Crippen LogP contribution in [0.1, 0.15) is 5.56 Å². The van der Waals surface area contributed by atoms with Gasteiger partial charge >= 0.3 is 0 Å². The van der Waals surface area contributed by atoms with Crippen LogP contribution >= 0.6 is 0 Å². The molecule has 1 aromatic carbocycles. The van der Waals surface area contributed by atoms with Gasteiger partial charge < -0.3 is 21.5 Å². The molecule has 0 heterocycles. The monoisotopic (exact) mass is 223 g/mol. The Morgan fingerprint density at radius 3 is 2.75 bits per heavy atom. The van der Waals surface area contributed by atoms with E-state index >= 15 is 0 Å². The molecular weight excluding hydrogens is 206 g/mol. The molecule has 5 heteroatoms. The highest BCUT2D eigenvalue weighted by atomic mass is 16.5. The van der Waals surface area contributed by atoms with E-state index in [0.29, 0.717) is 6.54 Å². The van der Waals surface area contributed by atoms with Gasteiger partial charge in [-0.2, -0.15) is 0 Å². The molecule has 1 aromatic rings. The highest BCUT2D eigenvalue weighted by Crippen LogP contribution is 2.20. The van der Waals surface area contributed by atoms with Gasteiger partial charge in [0.15, 0.2) is 0 Å². The molecular formula is C11H17N3O2. The molecule has 1 unspecified atom stereocenters. The van der Waals surface area contributed by atoms with Gasteiger partial charge in [0.05, 0.1) is 7.11 Å². The Labute approximate surface area is 94.8 Å². The zero-order valence-corrected chi connectivity index (χ0v) is 9.49. The topological polar surface area (TPSA) is 90.4 Å². The smallest absolute Gasteiger partial charge is 0.236 e. The molecule has 0 saturated heterocycles. The molecule has 5 N–H and O–H groups in total. The van der Waals surface area contributed by atoms with Crippen molar-refractivity contribution >= 4 is 11.6 Å². The number of hydrogen-bond acceptors (Lipinski definition) is 4. The summed E-state index contributed by atoms with van der Waals surface area (Å²) in [5.41, 5.74) is 12.5. The summed E-state index contributed by atoms with van der Waals surface area (Å²) < 4.78 is 5.09. The normalized spacial score (nSPS) is 11.9. The lowest BCUT2D eigenvalue weighted by Crippen LogP contribution is -2.41. The van der Waals surface area contributed by atoms with Crippen LogP contribution in [0.5, 0.6) is 5.75 Å². The van der Waals surface area contributed by atoms with E-state index in [1.165, 1.54) is 0 Å². The van der Waals surface area contributed by atoms with Crippen molar-refractivity contribution in [2.45, 2.75) is 13.0 Å². The van der Waals surface area contributed by atoms with E-state index in [-0.39, 0.29) is 0 Å². The zero-order chi connectivity index (χ0) is 12.1. The van der Waals surface area contributed by atoms with E-state index < -0.39 is 11.9 Å². The van der Waals surface area contributed by atoms with Gasteiger partial charge in [0.1, 0.15) is 11.8 Å². The minimum atomic E-state index is -0.679. The highest BCUT2D eigenvalue weighted by molar-refractivity contribution is 5.80. The average molecular weight is 223 g/mol. The fraction of sp³-hybridized carbons (Fsp3) is 0.364. The number of nitrogens with two attached hydrogens (primary N) is 2. The molecule has 0 saturated carbocycles. The Morgan fingerprint density at radius 1 is 1.56 bits per heavy atom. The van der Waals surface area contributed by atoms with Crippen LogP contribution in [0.25, 0.3) is 0 Å². The first kappa shape index (κ1) is 12.3. The third-order valence-electron chi connectivity index (χ3n) is 2.31. The molecule has 0 aliphatic heterocycles. The van der Waals surface area contributed by atoms with Gasteiger partial charge in [-0.3, -0.25) is 4.79 Å². The van der Waals surface area contributed by atoms with Crippen molar-refractivity contribution in [3.05, 3.63) is 23.8 Å². The molecule has 0 radical (unpaired) electrons. The van der Waals surface area contributed by atoms with E-state index in [1.807, 2.05) is 25.1 Å². The summed E-state index contributed by atoms with van der Waals surface area (Å²) in [6, 6.07) is 4.94. The molecule has 0 aliphatic carbocycles. The molecule has 88 valence electrons. The number of hydrogen-bond donors (Lipinski definition) is 3. The molecule has 1 rings (SSSR count). The van der Waals surface area contributed by atoms with E-state index in [4.69, 9.17) is 16.2 Å². The van der Waals surface area contributed by atoms with Crippen molar-refractivity contribution in [3.63, 3.8) is 0 Å². The van der Waals surface area contributed by atoms with E-state index in [2.05, 4.69) is 5.32 Å². The predicted molar refractivity (Wildman–Crippen MR) is 63.4 cm³/mol. The van der Waals surface area contributed by atoms with Crippen LogP contribution in [0.3, 0.4) is 0 Å². The summed E-state index contributed by atoms with van der Waals surface area (Å²) in [6.07, 6.45) is 0. The number of amides is 1. The lowest BCUT2D eigenvalue weighted by atomic mass is 10.2. The molecule has 1 amide bonds. The number of methoxy groups -OCH3 is 1. The number of benzene rings is 1. The summed E-state index contributed by atoms with van der Waals surface area (Å²) in [6.45, 7) is 2.27. The number of ether oxygens (including phenoxy) is 1. The Morgan fingerprint density at radius 2 is 2.25 bits per heavy atom. The summed E-state index contributed by atoms with van der Waals surface area (Å²) >= 11 is 0. The summed E-state index contributed by atoms with van der Waals surface area (Å²) in [7, 11) is 1.62. The molecule has 0 aliphatic rings. The van der Waals surface area contributed by atoms with Crippen molar-refractivity contribution in [2.75, 3.05) is 19.0 Å². The van der Waals surface area contributed by atoms with Gasteiger partial charge in [-0.1, -0.05) is 0 Å². The Hall–Kier alpha value is -1.75. The van der Waals surface area contributed by atoms with Crippen molar-refractivity contribution in [3.8, 4) is 5.75 Å². The lowest BCUT2D eigenvalue weighted by molar-refractivity contribution is -0.118. The molecule has 0 bridgehead atoms. The van der Waals surface area contributed by atoms with Gasteiger partial charge in [0.2, 0.25) is 5.91 Å². The summed E-state index contributed by atoms with van der Waals surface area (Å²) in [5.74, 6) is 0.279. The standard InChI is InChI=1S/C11H17N3O2/c1-7-5-8(16-2)3-4-10(7)14-6-9(12)11(13)15/h3-5,9,14H,6,12H2,1-2H3,(H2,13,15). The second-order valence-corrected chi connectivity index (χ2v) is 3.57.